The molecule has 0 aliphatic carbocycles. The monoisotopic (exact) mass is 411 g/mol. The first-order valence-electron chi connectivity index (χ1n) is 10.2. The molecule has 160 valence electrons. The van der Waals surface area contributed by atoms with Crippen LogP contribution in [0, 0.1) is 5.92 Å². The number of nitrogens with zero attached hydrogens (tertiary/aromatic N) is 3. The lowest BCUT2D eigenvalue weighted by Gasteiger charge is -2.31. The summed E-state index contributed by atoms with van der Waals surface area (Å²) in [6.45, 7) is 8.63. The Hall–Kier alpha value is -2.80. The largest absolute Gasteiger partial charge is 0.465 e. The van der Waals surface area contributed by atoms with Gasteiger partial charge >= 0.3 is 5.97 Å². The van der Waals surface area contributed by atoms with E-state index in [2.05, 4.69) is 15.1 Å². The molecule has 1 aliphatic rings. The molecule has 7 nitrogen and oxygen atoms in total. The van der Waals surface area contributed by atoms with Gasteiger partial charge < -0.3 is 14.0 Å². The summed E-state index contributed by atoms with van der Waals surface area (Å²) in [5, 5.41) is 4.11. The molecule has 30 heavy (non-hydrogen) atoms. The molecule has 0 radical (unpaired) electrons. The third-order valence-corrected chi connectivity index (χ3v) is 5.17. The Morgan fingerprint density at radius 2 is 1.90 bits per heavy atom. The highest BCUT2D eigenvalue weighted by atomic mass is 16.5. The van der Waals surface area contributed by atoms with Crippen LogP contribution < -0.4 is 0 Å². The fraction of sp³-hybridized carbons (Fsp3) is 0.478. The van der Waals surface area contributed by atoms with Crippen molar-refractivity contribution in [1.82, 2.24) is 10.1 Å². The van der Waals surface area contributed by atoms with Gasteiger partial charge in [-0.2, -0.15) is 4.98 Å². The first-order chi connectivity index (χ1) is 14.4. The quantitative estimate of drug-likeness (QED) is 0.473. The predicted octanol–water partition coefficient (Wildman–Crippen LogP) is 4.38. The molecule has 1 aromatic heterocycles. The van der Waals surface area contributed by atoms with E-state index in [1.54, 1.807) is 7.11 Å². The van der Waals surface area contributed by atoms with Gasteiger partial charge in [0.15, 0.2) is 5.82 Å². The number of carbonyl (C=O) groups excluding carboxylic acids is 1. The summed E-state index contributed by atoms with van der Waals surface area (Å²) in [4.78, 5) is 22.4. The van der Waals surface area contributed by atoms with Crippen molar-refractivity contribution in [2.45, 2.75) is 46.0 Å². The molecule has 0 spiro atoms. The van der Waals surface area contributed by atoms with E-state index in [4.69, 9.17) is 14.0 Å². The number of allylic oxidation sites excluding steroid dienone is 2. The number of benzene rings is 1. The fourth-order valence-corrected chi connectivity index (χ4v) is 3.69. The van der Waals surface area contributed by atoms with E-state index in [0.29, 0.717) is 37.1 Å². The summed E-state index contributed by atoms with van der Waals surface area (Å²) in [6, 6.07) is 9.86. The number of ether oxygens (including phenoxy) is 2. The van der Waals surface area contributed by atoms with Gasteiger partial charge in [0, 0.05) is 49.0 Å². The Bertz CT molecular complexity index is 931. The van der Waals surface area contributed by atoms with E-state index in [1.165, 1.54) is 0 Å². The van der Waals surface area contributed by atoms with Crippen molar-refractivity contribution < 1.29 is 18.8 Å². The molecule has 0 fully saturated rings. The Labute approximate surface area is 177 Å². The number of hydrogen-bond donors (Lipinski definition) is 0. The van der Waals surface area contributed by atoms with Crippen LogP contribution in [0.1, 0.15) is 63.2 Å². The second kappa shape index (κ2) is 9.80. The maximum atomic E-state index is 13.1. The molecule has 0 saturated heterocycles. The summed E-state index contributed by atoms with van der Waals surface area (Å²) >= 11 is 0. The lowest BCUT2D eigenvalue weighted by atomic mass is 9.75. The zero-order valence-corrected chi connectivity index (χ0v) is 18.2. The van der Waals surface area contributed by atoms with Crippen LogP contribution >= 0.6 is 0 Å². The maximum Gasteiger partial charge on any atom is 0.315 e. The van der Waals surface area contributed by atoms with Gasteiger partial charge in [0.1, 0.15) is 5.92 Å². The Kier molecular flexibility index (Phi) is 7.15. The number of hydrogen-bond acceptors (Lipinski definition) is 7. The highest BCUT2D eigenvalue weighted by Crippen LogP contribution is 2.44. The number of aliphatic imine (C=N–C) groups is 1. The summed E-state index contributed by atoms with van der Waals surface area (Å²) in [6.07, 6.45) is 0.643. The van der Waals surface area contributed by atoms with E-state index in [0.717, 1.165) is 16.8 Å². The smallest absolute Gasteiger partial charge is 0.315 e. The van der Waals surface area contributed by atoms with Crippen molar-refractivity contribution in [1.29, 1.82) is 0 Å². The van der Waals surface area contributed by atoms with Crippen molar-refractivity contribution >= 4 is 17.3 Å². The van der Waals surface area contributed by atoms with Crippen molar-refractivity contribution in [3.63, 3.8) is 0 Å². The van der Waals surface area contributed by atoms with Gasteiger partial charge in [-0.25, -0.2) is 0 Å². The van der Waals surface area contributed by atoms with Gasteiger partial charge in [-0.05, 0) is 19.4 Å². The third-order valence-electron chi connectivity index (χ3n) is 5.17. The molecule has 3 rings (SSSR count). The molecule has 2 heterocycles. The second-order valence-electron chi connectivity index (χ2n) is 7.74. The number of carbonyl (C=O) groups is 1. The molecule has 1 aromatic carbocycles. The SMILES string of the molecule is COCCCOC(=O)C1C(C)=NC(C)=C(c2nc(C(C)C)no2)C1c1ccccc1. The number of aromatic nitrogens is 2. The molecule has 2 unspecified atom stereocenters. The van der Waals surface area contributed by atoms with Crippen LogP contribution in [0.15, 0.2) is 45.5 Å². The first-order valence-corrected chi connectivity index (χ1v) is 10.2. The number of esters is 1. The van der Waals surface area contributed by atoms with Crippen LogP contribution in [0.25, 0.3) is 5.57 Å². The Morgan fingerprint density at radius 3 is 2.53 bits per heavy atom. The zero-order valence-electron chi connectivity index (χ0n) is 18.2. The first kappa shape index (κ1) is 21.9. The second-order valence-corrected chi connectivity index (χ2v) is 7.74. The van der Waals surface area contributed by atoms with Crippen LogP contribution in [0.4, 0.5) is 0 Å². The molecular formula is C23H29N3O4. The van der Waals surface area contributed by atoms with Crippen molar-refractivity contribution in [3.8, 4) is 0 Å². The number of methoxy groups -OCH3 is 1. The van der Waals surface area contributed by atoms with E-state index in [9.17, 15) is 4.79 Å². The van der Waals surface area contributed by atoms with Crippen LogP contribution in [0.3, 0.4) is 0 Å². The van der Waals surface area contributed by atoms with Crippen molar-refractivity contribution in [2.24, 2.45) is 10.9 Å². The maximum absolute atomic E-state index is 13.1. The van der Waals surface area contributed by atoms with E-state index >= 15 is 0 Å². The van der Waals surface area contributed by atoms with Gasteiger partial charge in [0.2, 0.25) is 0 Å². The molecule has 7 heteroatoms. The summed E-state index contributed by atoms with van der Waals surface area (Å²) in [5.74, 6) is -0.0357. The van der Waals surface area contributed by atoms with Gasteiger partial charge in [0.25, 0.3) is 5.89 Å². The third kappa shape index (κ3) is 4.67. The predicted molar refractivity (Wildman–Crippen MR) is 114 cm³/mol. The minimum Gasteiger partial charge on any atom is -0.465 e. The van der Waals surface area contributed by atoms with E-state index < -0.39 is 5.92 Å². The van der Waals surface area contributed by atoms with Crippen molar-refractivity contribution in [2.75, 3.05) is 20.3 Å². The summed E-state index contributed by atoms with van der Waals surface area (Å²) in [5.41, 5.74) is 3.23. The molecule has 0 amide bonds. The molecule has 0 saturated carbocycles. The lowest BCUT2D eigenvalue weighted by molar-refractivity contribution is -0.146. The zero-order chi connectivity index (χ0) is 21.7. The van der Waals surface area contributed by atoms with E-state index in [-0.39, 0.29) is 17.8 Å². The van der Waals surface area contributed by atoms with Crippen LogP contribution in [0.5, 0.6) is 0 Å². The molecule has 2 aromatic rings. The molecular weight excluding hydrogens is 382 g/mol. The van der Waals surface area contributed by atoms with Crippen molar-refractivity contribution in [3.05, 3.63) is 53.3 Å². The van der Waals surface area contributed by atoms with Gasteiger partial charge in [-0.15, -0.1) is 0 Å². The Morgan fingerprint density at radius 1 is 1.17 bits per heavy atom. The van der Waals surface area contributed by atoms with Crippen LogP contribution in [-0.2, 0) is 14.3 Å². The fourth-order valence-electron chi connectivity index (χ4n) is 3.69. The number of rotatable bonds is 8. The van der Waals surface area contributed by atoms with Gasteiger partial charge in [-0.1, -0.05) is 49.3 Å². The highest BCUT2D eigenvalue weighted by molar-refractivity contribution is 6.06. The minimum atomic E-state index is -0.567. The summed E-state index contributed by atoms with van der Waals surface area (Å²) in [7, 11) is 1.63. The molecule has 0 N–H and O–H groups in total. The lowest BCUT2D eigenvalue weighted by Crippen LogP contribution is -2.34. The van der Waals surface area contributed by atoms with Crippen LogP contribution in [-0.4, -0.2) is 42.1 Å². The highest BCUT2D eigenvalue weighted by Gasteiger charge is 2.41. The standard InChI is InChI=1S/C23H29N3O4/c1-14(2)21-25-22(30-26-21)18-15(3)24-16(4)19(23(27)29-13-9-12-28-5)20(18)17-10-7-6-8-11-17/h6-8,10-11,14,19-20H,9,12-13H2,1-5H3. The van der Waals surface area contributed by atoms with E-state index in [1.807, 2.05) is 58.0 Å². The Balaban J connectivity index is 2.02. The van der Waals surface area contributed by atoms with Gasteiger partial charge in [-0.3, -0.25) is 9.79 Å². The minimum absolute atomic E-state index is 0.133. The van der Waals surface area contributed by atoms with Gasteiger partial charge in [0.05, 0.1) is 6.61 Å². The molecule has 2 atom stereocenters. The molecule has 0 bridgehead atoms. The summed E-state index contributed by atoms with van der Waals surface area (Å²) < 4.78 is 16.2. The molecule has 1 aliphatic heterocycles. The topological polar surface area (TPSA) is 86.8 Å². The average molecular weight is 412 g/mol. The van der Waals surface area contributed by atoms with Crippen LogP contribution in [0.2, 0.25) is 0 Å². The average Bonchev–Trinajstić information content (AvgIpc) is 3.21. The normalized spacial score (nSPS) is 19.2.